The number of carboxylic acids is 1. The molecule has 0 saturated carbocycles. The van der Waals surface area contributed by atoms with E-state index in [9.17, 15) is 13.6 Å². The molecule has 3 nitrogen and oxygen atoms in total. The molecule has 0 aliphatic rings. The highest BCUT2D eigenvalue weighted by Crippen LogP contribution is 2.21. The van der Waals surface area contributed by atoms with E-state index in [-0.39, 0.29) is 17.7 Å². The molecule has 86 valence electrons. The Hall–Kier alpha value is -1.91. The van der Waals surface area contributed by atoms with Crippen molar-refractivity contribution in [2.45, 2.75) is 6.42 Å². The normalized spacial score (nSPS) is 10.7. The molecule has 0 spiro atoms. The van der Waals surface area contributed by atoms with Gasteiger partial charge in [0, 0.05) is 12.1 Å². The van der Waals surface area contributed by atoms with Gasteiger partial charge in [0.1, 0.15) is 5.82 Å². The molecule has 0 saturated heterocycles. The molecule has 0 amide bonds. The van der Waals surface area contributed by atoms with Crippen LogP contribution in [0.1, 0.15) is 5.56 Å². The van der Waals surface area contributed by atoms with Gasteiger partial charge in [-0.1, -0.05) is 6.08 Å². The molecule has 1 aromatic rings. The molecule has 0 bridgehead atoms. The molecule has 0 aliphatic heterocycles. The fourth-order valence-corrected chi connectivity index (χ4v) is 1.17. The van der Waals surface area contributed by atoms with Crippen molar-refractivity contribution in [3.05, 3.63) is 41.5 Å². The van der Waals surface area contributed by atoms with Gasteiger partial charge < -0.3 is 9.84 Å². The van der Waals surface area contributed by atoms with Crippen molar-refractivity contribution < 1.29 is 23.4 Å². The van der Waals surface area contributed by atoms with Crippen LogP contribution in [0.5, 0.6) is 5.75 Å². The van der Waals surface area contributed by atoms with Gasteiger partial charge in [0.05, 0.1) is 7.11 Å². The summed E-state index contributed by atoms with van der Waals surface area (Å²) in [6, 6.07) is 1.92. The lowest BCUT2D eigenvalue weighted by atomic mass is 10.1. The molecule has 1 N–H and O–H groups in total. The minimum atomic E-state index is -1.13. The number of methoxy groups -OCH3 is 1. The van der Waals surface area contributed by atoms with E-state index in [2.05, 4.69) is 4.74 Å². The molecule has 5 heteroatoms. The Morgan fingerprint density at radius 2 is 2.12 bits per heavy atom. The Kier molecular flexibility index (Phi) is 3.99. The molecule has 0 aliphatic carbocycles. The summed E-state index contributed by atoms with van der Waals surface area (Å²) in [4.78, 5) is 10.2. The zero-order valence-corrected chi connectivity index (χ0v) is 8.54. The second-order valence-corrected chi connectivity index (χ2v) is 3.02. The van der Waals surface area contributed by atoms with E-state index in [0.29, 0.717) is 0 Å². The Bertz CT molecular complexity index is 427. The van der Waals surface area contributed by atoms with Crippen LogP contribution in [0, 0.1) is 11.6 Å². The number of hydrogen-bond acceptors (Lipinski definition) is 2. The maximum atomic E-state index is 13.3. The number of carbonyl (C=O) groups is 1. The molecule has 1 rings (SSSR count). The van der Waals surface area contributed by atoms with Crippen molar-refractivity contribution in [3.8, 4) is 5.75 Å². The van der Waals surface area contributed by atoms with Crippen molar-refractivity contribution in [1.82, 2.24) is 0 Å². The first kappa shape index (κ1) is 12.2. The van der Waals surface area contributed by atoms with Gasteiger partial charge in [0.2, 0.25) is 0 Å². The lowest BCUT2D eigenvalue weighted by Crippen LogP contribution is -1.95. The van der Waals surface area contributed by atoms with Crippen LogP contribution in [0.3, 0.4) is 0 Å². The van der Waals surface area contributed by atoms with Crippen molar-refractivity contribution in [2.24, 2.45) is 0 Å². The molecular formula is C11H10F2O3. The lowest BCUT2D eigenvalue weighted by Gasteiger charge is -2.05. The first-order chi connectivity index (χ1) is 7.54. The first-order valence-corrected chi connectivity index (χ1v) is 4.46. The third-order valence-corrected chi connectivity index (χ3v) is 1.92. The second-order valence-electron chi connectivity index (χ2n) is 3.02. The van der Waals surface area contributed by atoms with Gasteiger partial charge in [-0.15, -0.1) is 0 Å². The lowest BCUT2D eigenvalue weighted by molar-refractivity contribution is -0.131. The third kappa shape index (κ3) is 3.05. The minimum Gasteiger partial charge on any atom is -0.494 e. The van der Waals surface area contributed by atoms with Gasteiger partial charge in [-0.25, -0.2) is 13.6 Å². The summed E-state index contributed by atoms with van der Waals surface area (Å²) in [5.74, 6) is -2.62. The third-order valence-electron chi connectivity index (χ3n) is 1.92. The summed E-state index contributed by atoms with van der Waals surface area (Å²) in [6.07, 6.45) is 2.13. The van der Waals surface area contributed by atoms with Crippen LogP contribution >= 0.6 is 0 Å². The Morgan fingerprint density at radius 3 is 2.69 bits per heavy atom. The van der Waals surface area contributed by atoms with E-state index in [1.165, 1.54) is 13.2 Å². The zero-order valence-electron chi connectivity index (χ0n) is 8.54. The Morgan fingerprint density at radius 1 is 1.44 bits per heavy atom. The second kappa shape index (κ2) is 5.25. The average Bonchev–Trinajstić information content (AvgIpc) is 2.22. The van der Waals surface area contributed by atoms with E-state index in [1.807, 2.05) is 0 Å². The van der Waals surface area contributed by atoms with Gasteiger partial charge in [-0.05, 0) is 18.1 Å². The summed E-state index contributed by atoms with van der Waals surface area (Å²) < 4.78 is 31.1. The largest absolute Gasteiger partial charge is 0.494 e. The topological polar surface area (TPSA) is 46.5 Å². The van der Waals surface area contributed by atoms with Crippen molar-refractivity contribution in [1.29, 1.82) is 0 Å². The summed E-state index contributed by atoms with van der Waals surface area (Å²) in [6.45, 7) is 0. The standard InChI is InChI=1S/C11H10F2O3/c1-16-10-6-8(12)7(5-9(10)13)3-2-4-11(14)15/h2,4-6H,3H2,1H3,(H,14,15)/b4-2+. The number of hydrogen-bond donors (Lipinski definition) is 1. The van der Waals surface area contributed by atoms with Gasteiger partial charge in [-0.3, -0.25) is 0 Å². The highest BCUT2D eigenvalue weighted by Gasteiger charge is 2.09. The number of aliphatic carboxylic acids is 1. The van der Waals surface area contributed by atoms with Crippen molar-refractivity contribution in [2.75, 3.05) is 7.11 Å². The maximum Gasteiger partial charge on any atom is 0.327 e. The smallest absolute Gasteiger partial charge is 0.327 e. The van der Waals surface area contributed by atoms with Gasteiger partial charge in [0.25, 0.3) is 0 Å². The SMILES string of the molecule is COc1cc(F)c(C/C=C/C(=O)O)cc1F. The van der Waals surface area contributed by atoms with E-state index in [1.54, 1.807) is 0 Å². The predicted molar refractivity (Wildman–Crippen MR) is 53.4 cm³/mol. The predicted octanol–water partition coefficient (Wildman–Crippen LogP) is 2.16. The number of carboxylic acid groups (broad SMARTS) is 1. The monoisotopic (exact) mass is 228 g/mol. The maximum absolute atomic E-state index is 13.3. The van der Waals surface area contributed by atoms with E-state index >= 15 is 0 Å². The van der Waals surface area contributed by atoms with Crippen molar-refractivity contribution in [3.63, 3.8) is 0 Å². The fraction of sp³-hybridized carbons (Fsp3) is 0.182. The summed E-state index contributed by atoms with van der Waals surface area (Å²) in [5, 5.41) is 8.32. The van der Waals surface area contributed by atoms with Crippen LogP contribution in [-0.4, -0.2) is 18.2 Å². The van der Waals surface area contributed by atoms with Crippen molar-refractivity contribution >= 4 is 5.97 Å². The molecular weight excluding hydrogens is 218 g/mol. The molecule has 1 aromatic carbocycles. The summed E-state index contributed by atoms with van der Waals surface area (Å²) >= 11 is 0. The molecule has 0 unspecified atom stereocenters. The number of allylic oxidation sites excluding steroid dienone is 1. The van der Waals surface area contributed by atoms with Crippen LogP contribution in [0.25, 0.3) is 0 Å². The average molecular weight is 228 g/mol. The Balaban J connectivity index is 2.89. The highest BCUT2D eigenvalue weighted by molar-refractivity contribution is 5.79. The zero-order chi connectivity index (χ0) is 12.1. The van der Waals surface area contributed by atoms with Crippen LogP contribution in [0.2, 0.25) is 0 Å². The summed E-state index contributed by atoms with van der Waals surface area (Å²) in [7, 11) is 1.24. The van der Waals surface area contributed by atoms with E-state index in [4.69, 9.17) is 5.11 Å². The van der Waals surface area contributed by atoms with Crippen LogP contribution in [0.4, 0.5) is 8.78 Å². The van der Waals surface area contributed by atoms with Crippen LogP contribution in [-0.2, 0) is 11.2 Å². The molecule has 0 fully saturated rings. The molecule has 0 heterocycles. The quantitative estimate of drug-likeness (QED) is 0.803. The number of ether oxygens (including phenoxy) is 1. The molecule has 0 radical (unpaired) electrons. The fourth-order valence-electron chi connectivity index (χ4n) is 1.17. The van der Waals surface area contributed by atoms with E-state index < -0.39 is 17.6 Å². The molecule has 0 atom stereocenters. The number of halogens is 2. The molecule has 0 aromatic heterocycles. The highest BCUT2D eigenvalue weighted by atomic mass is 19.1. The first-order valence-electron chi connectivity index (χ1n) is 4.46. The Labute approximate surface area is 91.0 Å². The van der Waals surface area contributed by atoms with Gasteiger partial charge >= 0.3 is 5.97 Å². The van der Waals surface area contributed by atoms with Crippen LogP contribution < -0.4 is 4.74 Å². The summed E-state index contributed by atoms with van der Waals surface area (Å²) in [5.41, 5.74) is 0.0794. The van der Waals surface area contributed by atoms with E-state index in [0.717, 1.165) is 18.2 Å². The van der Waals surface area contributed by atoms with Gasteiger partial charge in [-0.2, -0.15) is 0 Å². The molecule has 16 heavy (non-hydrogen) atoms. The van der Waals surface area contributed by atoms with Gasteiger partial charge in [0.15, 0.2) is 11.6 Å². The minimum absolute atomic E-state index is 0.0129. The number of benzene rings is 1. The van der Waals surface area contributed by atoms with Crippen LogP contribution in [0.15, 0.2) is 24.3 Å². The number of rotatable bonds is 4.